The fourth-order valence-corrected chi connectivity index (χ4v) is 1.87. The van der Waals surface area contributed by atoms with Gasteiger partial charge in [-0.3, -0.25) is 9.89 Å². The highest BCUT2D eigenvalue weighted by molar-refractivity contribution is 5.93. The number of H-pyrrole nitrogens is 1. The van der Waals surface area contributed by atoms with Crippen molar-refractivity contribution in [1.82, 2.24) is 35.3 Å². The minimum absolute atomic E-state index is 0.0503. The lowest BCUT2D eigenvalue weighted by Gasteiger charge is -2.16. The van der Waals surface area contributed by atoms with Gasteiger partial charge in [-0.2, -0.15) is 22.8 Å². The molecule has 0 spiro atoms. The average molecular weight is 361 g/mol. The number of hydrogen-bond acceptors (Lipinski definition) is 6. The molecule has 0 aliphatic rings. The van der Waals surface area contributed by atoms with Crippen LogP contribution in [0.4, 0.5) is 13.2 Å². The minimum Gasteiger partial charge on any atom is -0.480 e. The maximum absolute atomic E-state index is 12.5. The Bertz CT molecular complexity index is 796. The molecule has 13 heteroatoms. The quantitative estimate of drug-likeness (QED) is 0.707. The van der Waals surface area contributed by atoms with Gasteiger partial charge in [-0.1, -0.05) is 13.8 Å². The van der Waals surface area contributed by atoms with Gasteiger partial charge in [-0.05, 0) is 12.8 Å². The first-order valence-electron chi connectivity index (χ1n) is 6.98. The fourth-order valence-electron chi connectivity index (χ4n) is 1.87. The molecule has 2 aromatic rings. The number of aliphatic carboxylic acids is 1. The van der Waals surface area contributed by atoms with Gasteiger partial charge in [0.05, 0.1) is 0 Å². The van der Waals surface area contributed by atoms with E-state index in [1.165, 1.54) is 6.92 Å². The van der Waals surface area contributed by atoms with Crippen molar-refractivity contribution in [3.8, 4) is 5.95 Å². The maximum Gasteiger partial charge on any atom is 0.451 e. The van der Waals surface area contributed by atoms with Crippen molar-refractivity contribution in [2.45, 2.75) is 33.0 Å². The Hall–Kier alpha value is -2.99. The predicted octanol–water partition coefficient (Wildman–Crippen LogP) is 0.552. The number of carboxylic acids is 1. The van der Waals surface area contributed by atoms with Crippen LogP contribution in [0.3, 0.4) is 0 Å². The van der Waals surface area contributed by atoms with Crippen molar-refractivity contribution in [1.29, 1.82) is 0 Å². The number of aromatic amines is 1. The van der Waals surface area contributed by atoms with Gasteiger partial charge in [0.15, 0.2) is 0 Å². The molecule has 0 unspecified atom stereocenters. The number of carbonyl (C=O) groups is 2. The molecule has 1 amide bonds. The van der Waals surface area contributed by atoms with E-state index < -0.39 is 47.6 Å². The highest BCUT2D eigenvalue weighted by atomic mass is 19.4. The fraction of sp³-hybridized carbons (Fsp3) is 0.500. The minimum atomic E-state index is -4.72. The Kier molecular flexibility index (Phi) is 4.76. The molecule has 1 atom stereocenters. The van der Waals surface area contributed by atoms with Crippen molar-refractivity contribution >= 4 is 11.9 Å². The normalized spacial score (nSPS) is 13.1. The zero-order chi connectivity index (χ0) is 18.9. The summed E-state index contributed by atoms with van der Waals surface area (Å²) < 4.78 is 38.5. The molecule has 0 saturated carbocycles. The summed E-state index contributed by atoms with van der Waals surface area (Å²) in [6.45, 7) is 4.58. The number of amides is 1. The molecule has 0 radical (unpaired) electrons. The second kappa shape index (κ2) is 6.49. The van der Waals surface area contributed by atoms with Crippen molar-refractivity contribution in [2.75, 3.05) is 0 Å². The first-order chi connectivity index (χ1) is 11.5. The van der Waals surface area contributed by atoms with Gasteiger partial charge in [0, 0.05) is 0 Å². The molecular weight excluding hydrogens is 347 g/mol. The SMILES string of the molecule is Cc1nc(C(=O)N[C@@H](C(=O)O)C(C)C)nn1-c1n[nH]c(C(F)(F)F)n1. The molecule has 0 fully saturated rings. The second-order valence-electron chi connectivity index (χ2n) is 5.41. The molecule has 25 heavy (non-hydrogen) atoms. The summed E-state index contributed by atoms with van der Waals surface area (Å²) in [7, 11) is 0. The van der Waals surface area contributed by atoms with Gasteiger partial charge >= 0.3 is 12.1 Å². The molecule has 0 bridgehead atoms. The number of aromatic nitrogens is 6. The van der Waals surface area contributed by atoms with E-state index in [2.05, 4.69) is 25.5 Å². The third kappa shape index (κ3) is 3.92. The highest BCUT2D eigenvalue weighted by Gasteiger charge is 2.36. The Morgan fingerprint density at radius 1 is 1.28 bits per heavy atom. The number of carboxylic acid groups (broad SMARTS) is 1. The number of hydrogen-bond donors (Lipinski definition) is 3. The summed E-state index contributed by atoms with van der Waals surface area (Å²) in [4.78, 5) is 30.2. The van der Waals surface area contributed by atoms with Crippen LogP contribution in [-0.4, -0.2) is 53.0 Å². The average Bonchev–Trinajstić information content (AvgIpc) is 3.09. The van der Waals surface area contributed by atoms with Crippen LogP contribution in [0.15, 0.2) is 0 Å². The van der Waals surface area contributed by atoms with Crippen LogP contribution in [0.25, 0.3) is 5.95 Å². The van der Waals surface area contributed by atoms with E-state index in [9.17, 15) is 22.8 Å². The Labute approximate surface area is 138 Å². The third-order valence-corrected chi connectivity index (χ3v) is 3.12. The number of aryl methyl sites for hydroxylation is 1. The lowest BCUT2D eigenvalue weighted by Crippen LogP contribution is -2.44. The predicted molar refractivity (Wildman–Crippen MR) is 74.8 cm³/mol. The van der Waals surface area contributed by atoms with Crippen LogP contribution in [0.5, 0.6) is 0 Å². The number of rotatable bonds is 5. The molecule has 0 aromatic carbocycles. The van der Waals surface area contributed by atoms with E-state index in [4.69, 9.17) is 5.11 Å². The van der Waals surface area contributed by atoms with Crippen LogP contribution in [-0.2, 0) is 11.0 Å². The van der Waals surface area contributed by atoms with Gasteiger partial charge in [-0.15, -0.1) is 10.2 Å². The molecule has 2 aromatic heterocycles. The van der Waals surface area contributed by atoms with Crippen LogP contribution in [0, 0.1) is 12.8 Å². The molecule has 0 saturated heterocycles. The smallest absolute Gasteiger partial charge is 0.451 e. The number of alkyl halides is 3. The van der Waals surface area contributed by atoms with Gasteiger partial charge < -0.3 is 10.4 Å². The molecule has 0 aliphatic heterocycles. The number of nitrogens with one attached hydrogen (secondary N) is 2. The second-order valence-corrected chi connectivity index (χ2v) is 5.41. The molecule has 10 nitrogen and oxygen atoms in total. The van der Waals surface area contributed by atoms with E-state index in [0.29, 0.717) is 0 Å². The summed E-state index contributed by atoms with van der Waals surface area (Å²) in [6.07, 6.45) is -4.72. The molecular formula is C12H14F3N7O3. The van der Waals surface area contributed by atoms with Crippen molar-refractivity contribution in [2.24, 2.45) is 5.92 Å². The lowest BCUT2D eigenvalue weighted by atomic mass is 10.1. The molecule has 3 N–H and O–H groups in total. The monoisotopic (exact) mass is 361 g/mol. The van der Waals surface area contributed by atoms with Crippen LogP contribution in [0.2, 0.25) is 0 Å². The largest absolute Gasteiger partial charge is 0.480 e. The molecule has 2 rings (SSSR count). The standard InChI is InChI=1S/C12H14F3N7O3/c1-4(2)6(9(24)25)17-8(23)7-16-5(3)22(21-7)11-18-10(19-20-11)12(13,14)15/h4,6H,1-3H3,(H,17,23)(H,24,25)(H,18,19,20)/t6-/m1/s1. The van der Waals surface area contributed by atoms with E-state index in [1.807, 2.05) is 0 Å². The summed E-state index contributed by atoms with van der Waals surface area (Å²) in [6, 6.07) is -1.17. The van der Waals surface area contributed by atoms with E-state index in [-0.39, 0.29) is 5.82 Å². The number of nitrogens with zero attached hydrogens (tertiary/aromatic N) is 5. The Morgan fingerprint density at radius 2 is 1.92 bits per heavy atom. The van der Waals surface area contributed by atoms with Crippen molar-refractivity contribution in [3.63, 3.8) is 0 Å². The van der Waals surface area contributed by atoms with Crippen molar-refractivity contribution < 1.29 is 27.9 Å². The number of carbonyl (C=O) groups excluding carboxylic acids is 1. The first kappa shape index (κ1) is 18.4. The van der Waals surface area contributed by atoms with Crippen LogP contribution < -0.4 is 5.32 Å². The van der Waals surface area contributed by atoms with Crippen LogP contribution in [0.1, 0.15) is 36.1 Å². The molecule has 0 aliphatic carbocycles. The third-order valence-electron chi connectivity index (χ3n) is 3.12. The Morgan fingerprint density at radius 3 is 2.40 bits per heavy atom. The van der Waals surface area contributed by atoms with Gasteiger partial charge in [0.1, 0.15) is 11.9 Å². The van der Waals surface area contributed by atoms with Gasteiger partial charge in [-0.25, -0.2) is 9.78 Å². The number of halogens is 3. The summed E-state index contributed by atoms with van der Waals surface area (Å²) in [5.74, 6) is -4.65. The summed E-state index contributed by atoms with van der Waals surface area (Å²) in [5.41, 5.74) is 0. The molecule has 2 heterocycles. The van der Waals surface area contributed by atoms with E-state index in [0.717, 1.165) is 4.68 Å². The Balaban J connectivity index is 2.26. The zero-order valence-corrected chi connectivity index (χ0v) is 13.3. The summed E-state index contributed by atoms with van der Waals surface area (Å²) >= 11 is 0. The van der Waals surface area contributed by atoms with Crippen LogP contribution >= 0.6 is 0 Å². The highest BCUT2D eigenvalue weighted by Crippen LogP contribution is 2.26. The first-order valence-corrected chi connectivity index (χ1v) is 6.98. The lowest BCUT2D eigenvalue weighted by molar-refractivity contribution is -0.144. The molecule has 136 valence electrons. The topological polar surface area (TPSA) is 139 Å². The van der Waals surface area contributed by atoms with Gasteiger partial charge in [0.2, 0.25) is 11.6 Å². The van der Waals surface area contributed by atoms with Gasteiger partial charge in [0.25, 0.3) is 11.9 Å². The van der Waals surface area contributed by atoms with E-state index in [1.54, 1.807) is 18.9 Å². The van der Waals surface area contributed by atoms with E-state index >= 15 is 0 Å². The maximum atomic E-state index is 12.5. The zero-order valence-electron chi connectivity index (χ0n) is 13.3. The summed E-state index contributed by atoms with van der Waals surface area (Å²) in [5, 5.41) is 20.1. The van der Waals surface area contributed by atoms with Crippen molar-refractivity contribution in [3.05, 3.63) is 17.5 Å².